The monoisotopic (exact) mass is 420 g/mol. The summed E-state index contributed by atoms with van der Waals surface area (Å²) in [5.74, 6) is -0.110. The number of benzene rings is 2. The van der Waals surface area contributed by atoms with Crippen LogP contribution in [0, 0.1) is 5.92 Å². The molecule has 0 fully saturated rings. The number of amides is 2. The van der Waals surface area contributed by atoms with Crippen LogP contribution in [0.4, 0.5) is 0 Å². The SMILES string of the molecule is CC(C)C(CNC(=O)CNC(=O)c1ccc2n[nH]nc2c1)N1CCc2ccccc2C1. The van der Waals surface area contributed by atoms with E-state index in [0.29, 0.717) is 29.1 Å². The van der Waals surface area contributed by atoms with Gasteiger partial charge in [-0.05, 0) is 41.7 Å². The second-order valence-electron chi connectivity index (χ2n) is 8.31. The number of aromatic nitrogens is 3. The second-order valence-corrected chi connectivity index (χ2v) is 8.31. The highest BCUT2D eigenvalue weighted by atomic mass is 16.2. The van der Waals surface area contributed by atoms with Crippen LogP contribution in [-0.4, -0.2) is 57.8 Å². The molecule has 1 aromatic heterocycles. The van der Waals surface area contributed by atoms with Gasteiger partial charge < -0.3 is 10.6 Å². The van der Waals surface area contributed by atoms with Crippen molar-refractivity contribution in [3.63, 3.8) is 0 Å². The van der Waals surface area contributed by atoms with Gasteiger partial charge in [0.15, 0.2) is 0 Å². The third-order valence-electron chi connectivity index (χ3n) is 5.90. The molecule has 1 aliphatic heterocycles. The molecule has 2 heterocycles. The third-order valence-corrected chi connectivity index (χ3v) is 5.90. The molecule has 0 saturated heterocycles. The number of hydrogen-bond donors (Lipinski definition) is 3. The van der Waals surface area contributed by atoms with Crippen molar-refractivity contribution in [3.05, 3.63) is 59.2 Å². The van der Waals surface area contributed by atoms with Crippen LogP contribution in [0.15, 0.2) is 42.5 Å². The molecule has 0 saturated carbocycles. The Morgan fingerprint density at radius 1 is 1.06 bits per heavy atom. The second kappa shape index (κ2) is 9.26. The van der Waals surface area contributed by atoms with E-state index >= 15 is 0 Å². The number of aromatic amines is 1. The summed E-state index contributed by atoms with van der Waals surface area (Å²) in [4.78, 5) is 27.2. The minimum atomic E-state index is -0.312. The lowest BCUT2D eigenvalue weighted by Crippen LogP contribution is -2.50. The highest BCUT2D eigenvalue weighted by molar-refractivity contribution is 5.98. The van der Waals surface area contributed by atoms with Crippen molar-refractivity contribution >= 4 is 22.8 Å². The average molecular weight is 421 g/mol. The number of H-pyrrole nitrogens is 1. The summed E-state index contributed by atoms with van der Waals surface area (Å²) in [6.45, 7) is 6.73. The van der Waals surface area contributed by atoms with Crippen LogP contribution in [0.3, 0.4) is 0 Å². The van der Waals surface area contributed by atoms with Crippen molar-refractivity contribution in [2.75, 3.05) is 19.6 Å². The van der Waals surface area contributed by atoms with Crippen LogP contribution in [0.5, 0.6) is 0 Å². The fourth-order valence-corrected chi connectivity index (χ4v) is 4.11. The maximum atomic E-state index is 12.4. The van der Waals surface area contributed by atoms with Crippen molar-refractivity contribution < 1.29 is 9.59 Å². The summed E-state index contributed by atoms with van der Waals surface area (Å²) in [6.07, 6.45) is 1.03. The zero-order chi connectivity index (χ0) is 21.8. The van der Waals surface area contributed by atoms with Gasteiger partial charge in [0, 0.05) is 31.2 Å². The Morgan fingerprint density at radius 3 is 2.65 bits per heavy atom. The zero-order valence-corrected chi connectivity index (χ0v) is 17.9. The maximum Gasteiger partial charge on any atom is 0.251 e. The van der Waals surface area contributed by atoms with Gasteiger partial charge in [-0.15, -0.1) is 0 Å². The molecular weight excluding hydrogens is 392 g/mol. The predicted molar refractivity (Wildman–Crippen MR) is 118 cm³/mol. The molecule has 8 heteroatoms. The summed E-state index contributed by atoms with van der Waals surface area (Å²) in [5, 5.41) is 16.1. The van der Waals surface area contributed by atoms with Crippen LogP contribution in [0.25, 0.3) is 11.0 Å². The Hall–Kier alpha value is -3.26. The third kappa shape index (κ3) is 4.91. The molecule has 3 N–H and O–H groups in total. The molecule has 0 radical (unpaired) electrons. The molecule has 0 bridgehead atoms. The number of hydrogen-bond acceptors (Lipinski definition) is 5. The number of nitrogens with zero attached hydrogens (tertiary/aromatic N) is 3. The molecule has 1 unspecified atom stereocenters. The molecule has 0 spiro atoms. The highest BCUT2D eigenvalue weighted by Crippen LogP contribution is 2.22. The molecule has 31 heavy (non-hydrogen) atoms. The van der Waals surface area contributed by atoms with E-state index in [-0.39, 0.29) is 24.4 Å². The van der Waals surface area contributed by atoms with E-state index in [1.54, 1.807) is 18.2 Å². The molecule has 2 amide bonds. The van der Waals surface area contributed by atoms with Crippen LogP contribution >= 0.6 is 0 Å². The van der Waals surface area contributed by atoms with Gasteiger partial charge in [-0.2, -0.15) is 15.4 Å². The fourth-order valence-electron chi connectivity index (χ4n) is 4.11. The number of nitrogens with one attached hydrogen (secondary N) is 3. The molecule has 162 valence electrons. The lowest BCUT2D eigenvalue weighted by molar-refractivity contribution is -0.120. The summed E-state index contributed by atoms with van der Waals surface area (Å²) in [6, 6.07) is 13.8. The Balaban J connectivity index is 1.29. The molecule has 1 aliphatic rings. The molecule has 3 aromatic rings. The van der Waals surface area contributed by atoms with Crippen molar-refractivity contribution in [2.45, 2.75) is 32.9 Å². The minimum absolute atomic E-state index is 0.0661. The largest absolute Gasteiger partial charge is 0.353 e. The van der Waals surface area contributed by atoms with Gasteiger partial charge in [-0.25, -0.2) is 0 Å². The van der Waals surface area contributed by atoms with E-state index in [4.69, 9.17) is 0 Å². The normalized spacial score (nSPS) is 14.9. The van der Waals surface area contributed by atoms with Crippen LogP contribution in [0.1, 0.15) is 35.3 Å². The molecular formula is C23H28N6O2. The van der Waals surface area contributed by atoms with E-state index < -0.39 is 0 Å². The Bertz CT molecular complexity index is 1080. The van der Waals surface area contributed by atoms with Crippen molar-refractivity contribution in [1.82, 2.24) is 30.9 Å². The topological polar surface area (TPSA) is 103 Å². The summed E-state index contributed by atoms with van der Waals surface area (Å²) < 4.78 is 0. The van der Waals surface area contributed by atoms with Gasteiger partial charge in [0.25, 0.3) is 5.91 Å². The van der Waals surface area contributed by atoms with Crippen molar-refractivity contribution in [2.24, 2.45) is 5.92 Å². The first-order valence-corrected chi connectivity index (χ1v) is 10.7. The molecule has 2 aromatic carbocycles. The number of carbonyl (C=O) groups excluding carboxylic acids is 2. The van der Waals surface area contributed by atoms with Crippen molar-refractivity contribution in [3.8, 4) is 0 Å². The zero-order valence-electron chi connectivity index (χ0n) is 17.9. The summed E-state index contributed by atoms with van der Waals surface area (Å²) in [5.41, 5.74) is 4.52. The molecule has 0 aliphatic carbocycles. The minimum Gasteiger partial charge on any atom is -0.353 e. The first-order valence-electron chi connectivity index (χ1n) is 10.7. The standard InChI is InChI=1S/C23H28N6O2/c1-15(2)21(29-10-9-16-5-3-4-6-18(16)14-29)12-24-22(30)13-25-23(31)17-7-8-19-20(11-17)27-28-26-19/h3-8,11,15,21H,9-10,12-14H2,1-2H3,(H,24,30)(H,25,31)(H,26,27,28). The van der Waals surface area contributed by atoms with E-state index in [9.17, 15) is 9.59 Å². The predicted octanol–water partition coefficient (Wildman–Crippen LogP) is 1.89. The lowest BCUT2D eigenvalue weighted by atomic mass is 9.95. The maximum absolute atomic E-state index is 12.4. The van der Waals surface area contributed by atoms with Gasteiger partial charge in [-0.1, -0.05) is 38.1 Å². The highest BCUT2D eigenvalue weighted by Gasteiger charge is 2.26. The fraction of sp³-hybridized carbons (Fsp3) is 0.391. The Morgan fingerprint density at radius 2 is 1.84 bits per heavy atom. The van der Waals surface area contributed by atoms with Crippen LogP contribution in [0.2, 0.25) is 0 Å². The molecule has 8 nitrogen and oxygen atoms in total. The van der Waals surface area contributed by atoms with E-state index in [2.05, 4.69) is 69.1 Å². The first kappa shape index (κ1) is 21.0. The number of fused-ring (bicyclic) bond motifs is 2. The van der Waals surface area contributed by atoms with E-state index in [1.165, 1.54) is 11.1 Å². The molecule has 1 atom stereocenters. The first-order chi connectivity index (χ1) is 15.0. The van der Waals surface area contributed by atoms with Gasteiger partial charge in [0.1, 0.15) is 11.0 Å². The average Bonchev–Trinajstić information content (AvgIpc) is 3.25. The Kier molecular flexibility index (Phi) is 6.27. The summed E-state index contributed by atoms with van der Waals surface area (Å²) >= 11 is 0. The van der Waals surface area contributed by atoms with Gasteiger partial charge >= 0.3 is 0 Å². The van der Waals surface area contributed by atoms with Gasteiger partial charge in [0.05, 0.1) is 6.54 Å². The molecule has 4 rings (SSSR count). The van der Waals surface area contributed by atoms with E-state index in [0.717, 1.165) is 19.5 Å². The number of rotatable bonds is 7. The van der Waals surface area contributed by atoms with Gasteiger partial charge in [-0.3, -0.25) is 14.5 Å². The van der Waals surface area contributed by atoms with Crippen LogP contribution < -0.4 is 10.6 Å². The van der Waals surface area contributed by atoms with Crippen molar-refractivity contribution in [1.29, 1.82) is 0 Å². The van der Waals surface area contributed by atoms with E-state index in [1.807, 2.05) is 0 Å². The van der Waals surface area contributed by atoms with Gasteiger partial charge in [0.2, 0.25) is 5.91 Å². The lowest BCUT2D eigenvalue weighted by Gasteiger charge is -2.38. The smallest absolute Gasteiger partial charge is 0.251 e. The number of carbonyl (C=O) groups is 2. The Labute approximate surface area is 181 Å². The quantitative estimate of drug-likeness (QED) is 0.542. The van der Waals surface area contributed by atoms with Crippen LogP contribution in [-0.2, 0) is 17.8 Å². The summed E-state index contributed by atoms with van der Waals surface area (Å²) in [7, 11) is 0.